The summed E-state index contributed by atoms with van der Waals surface area (Å²) in [4.78, 5) is 10.7. The standard InChI is InChI=1S/C5H13N3O/c1-3(7)5(9)4(8)2-6/h3-4H,2,6-8H2,1H3. The van der Waals surface area contributed by atoms with Crippen molar-refractivity contribution in [2.45, 2.75) is 19.0 Å². The normalized spacial score (nSPS) is 16.9. The van der Waals surface area contributed by atoms with E-state index in [1.165, 1.54) is 0 Å². The van der Waals surface area contributed by atoms with Crippen LogP contribution in [0.15, 0.2) is 0 Å². The molecule has 0 saturated heterocycles. The Bertz CT molecular complexity index is 102. The third-order valence-electron chi connectivity index (χ3n) is 1.07. The molecule has 0 rings (SSSR count). The number of rotatable bonds is 3. The van der Waals surface area contributed by atoms with Gasteiger partial charge in [0.2, 0.25) is 0 Å². The van der Waals surface area contributed by atoms with Crippen molar-refractivity contribution >= 4 is 5.78 Å². The van der Waals surface area contributed by atoms with E-state index in [4.69, 9.17) is 17.2 Å². The number of ketones is 1. The highest BCUT2D eigenvalue weighted by atomic mass is 16.1. The molecule has 54 valence electrons. The summed E-state index contributed by atoms with van der Waals surface area (Å²) in [7, 11) is 0. The monoisotopic (exact) mass is 131 g/mol. The number of hydrogen-bond acceptors (Lipinski definition) is 4. The minimum atomic E-state index is -0.593. The highest BCUT2D eigenvalue weighted by Crippen LogP contribution is 1.83. The molecule has 0 aliphatic carbocycles. The molecule has 0 heterocycles. The SMILES string of the molecule is CC(N)C(=O)C(N)CN. The lowest BCUT2D eigenvalue weighted by Gasteiger charge is -2.09. The first kappa shape index (κ1) is 8.55. The Morgan fingerprint density at radius 2 is 2.00 bits per heavy atom. The van der Waals surface area contributed by atoms with Gasteiger partial charge in [0.05, 0.1) is 12.1 Å². The number of carbonyl (C=O) groups is 1. The van der Waals surface area contributed by atoms with E-state index in [-0.39, 0.29) is 12.3 Å². The van der Waals surface area contributed by atoms with Crippen LogP contribution in [0.1, 0.15) is 6.92 Å². The van der Waals surface area contributed by atoms with Crippen molar-refractivity contribution in [2.24, 2.45) is 17.2 Å². The first-order valence-corrected chi connectivity index (χ1v) is 2.84. The van der Waals surface area contributed by atoms with Gasteiger partial charge in [0.1, 0.15) is 0 Å². The van der Waals surface area contributed by atoms with Crippen molar-refractivity contribution < 1.29 is 4.79 Å². The molecule has 0 aliphatic rings. The Kier molecular flexibility index (Phi) is 3.37. The van der Waals surface area contributed by atoms with Crippen molar-refractivity contribution in [3.05, 3.63) is 0 Å². The third kappa shape index (κ3) is 2.55. The van der Waals surface area contributed by atoms with Gasteiger partial charge >= 0.3 is 0 Å². The van der Waals surface area contributed by atoms with Crippen LogP contribution in [0.5, 0.6) is 0 Å². The van der Waals surface area contributed by atoms with Crippen molar-refractivity contribution in [1.82, 2.24) is 0 Å². The maximum absolute atomic E-state index is 10.7. The summed E-state index contributed by atoms with van der Waals surface area (Å²) in [5, 5.41) is 0. The quantitative estimate of drug-likeness (QED) is 0.420. The highest BCUT2D eigenvalue weighted by Gasteiger charge is 2.14. The second-order valence-electron chi connectivity index (χ2n) is 2.03. The van der Waals surface area contributed by atoms with Crippen LogP contribution in [0.3, 0.4) is 0 Å². The summed E-state index contributed by atoms with van der Waals surface area (Å²) >= 11 is 0. The average molecular weight is 131 g/mol. The van der Waals surface area contributed by atoms with Crippen molar-refractivity contribution in [2.75, 3.05) is 6.54 Å². The molecule has 0 fully saturated rings. The van der Waals surface area contributed by atoms with E-state index < -0.39 is 12.1 Å². The smallest absolute Gasteiger partial charge is 0.167 e. The maximum atomic E-state index is 10.7. The van der Waals surface area contributed by atoms with Gasteiger partial charge in [-0.1, -0.05) is 0 Å². The molecule has 0 aromatic heterocycles. The Hall–Kier alpha value is -0.450. The summed E-state index contributed by atoms with van der Waals surface area (Å²) in [5.74, 6) is -0.183. The fourth-order valence-corrected chi connectivity index (χ4v) is 0.454. The predicted molar refractivity (Wildman–Crippen MR) is 35.7 cm³/mol. The minimum absolute atomic E-state index is 0.167. The van der Waals surface area contributed by atoms with Crippen molar-refractivity contribution in [1.29, 1.82) is 0 Å². The zero-order chi connectivity index (χ0) is 7.44. The van der Waals surface area contributed by atoms with Crippen LogP contribution < -0.4 is 17.2 Å². The van der Waals surface area contributed by atoms with Gasteiger partial charge in [-0.3, -0.25) is 4.79 Å². The molecule has 0 amide bonds. The lowest BCUT2D eigenvalue weighted by atomic mass is 10.1. The maximum Gasteiger partial charge on any atom is 0.167 e. The van der Waals surface area contributed by atoms with E-state index >= 15 is 0 Å². The number of hydrogen-bond donors (Lipinski definition) is 3. The molecule has 2 atom stereocenters. The molecule has 0 bridgehead atoms. The zero-order valence-corrected chi connectivity index (χ0v) is 5.50. The molecule has 0 saturated carbocycles. The van der Waals surface area contributed by atoms with Crippen LogP contribution in [0.25, 0.3) is 0 Å². The van der Waals surface area contributed by atoms with Crippen LogP contribution in [0.2, 0.25) is 0 Å². The molecule has 0 aliphatic heterocycles. The van der Waals surface area contributed by atoms with E-state index in [0.29, 0.717) is 0 Å². The summed E-state index contributed by atoms with van der Waals surface area (Å²) in [6.45, 7) is 1.76. The van der Waals surface area contributed by atoms with E-state index in [0.717, 1.165) is 0 Å². The van der Waals surface area contributed by atoms with Gasteiger partial charge in [-0.15, -0.1) is 0 Å². The van der Waals surface area contributed by atoms with Crippen LogP contribution in [0, 0.1) is 0 Å². The number of carbonyl (C=O) groups excluding carboxylic acids is 1. The summed E-state index contributed by atoms with van der Waals surface area (Å²) in [6.07, 6.45) is 0. The lowest BCUT2D eigenvalue weighted by molar-refractivity contribution is -0.120. The fourth-order valence-electron chi connectivity index (χ4n) is 0.454. The van der Waals surface area contributed by atoms with Gasteiger partial charge in [-0.2, -0.15) is 0 Å². The molecule has 0 spiro atoms. The first-order chi connectivity index (χ1) is 4.09. The van der Waals surface area contributed by atoms with Gasteiger partial charge < -0.3 is 17.2 Å². The molecular weight excluding hydrogens is 118 g/mol. The van der Waals surface area contributed by atoms with Crippen LogP contribution in [0.4, 0.5) is 0 Å². The second kappa shape index (κ2) is 3.55. The minimum Gasteiger partial charge on any atom is -0.328 e. The second-order valence-corrected chi connectivity index (χ2v) is 2.03. The van der Waals surface area contributed by atoms with Crippen LogP contribution >= 0.6 is 0 Å². The molecule has 0 aromatic rings. The Balaban J connectivity index is 3.73. The van der Waals surface area contributed by atoms with E-state index in [1.807, 2.05) is 0 Å². The van der Waals surface area contributed by atoms with Crippen molar-refractivity contribution in [3.63, 3.8) is 0 Å². The van der Waals surface area contributed by atoms with E-state index in [2.05, 4.69) is 0 Å². The van der Waals surface area contributed by atoms with Crippen LogP contribution in [-0.4, -0.2) is 24.4 Å². The summed E-state index contributed by atoms with van der Waals surface area (Å²) < 4.78 is 0. The van der Waals surface area contributed by atoms with Gasteiger partial charge in [0.15, 0.2) is 5.78 Å². The molecule has 0 aromatic carbocycles. The lowest BCUT2D eigenvalue weighted by Crippen LogP contribution is -2.45. The summed E-state index contributed by atoms with van der Waals surface area (Å²) in [5.41, 5.74) is 15.6. The summed E-state index contributed by atoms with van der Waals surface area (Å²) in [6, 6.07) is -1.09. The van der Waals surface area contributed by atoms with Crippen molar-refractivity contribution in [3.8, 4) is 0 Å². The molecule has 4 nitrogen and oxygen atoms in total. The number of nitrogens with two attached hydrogens (primary N) is 3. The third-order valence-corrected chi connectivity index (χ3v) is 1.07. The Morgan fingerprint density at radius 3 is 2.11 bits per heavy atom. The molecule has 4 heteroatoms. The average Bonchev–Trinajstić information content (AvgIpc) is 1.84. The van der Waals surface area contributed by atoms with Gasteiger partial charge in [0, 0.05) is 6.54 Å². The Labute approximate surface area is 54.4 Å². The first-order valence-electron chi connectivity index (χ1n) is 2.84. The number of Topliss-reactive ketones (excluding diaryl/α,β-unsaturated/α-hetero) is 1. The van der Waals surface area contributed by atoms with Gasteiger partial charge in [-0.25, -0.2) is 0 Å². The Morgan fingerprint density at radius 1 is 1.56 bits per heavy atom. The van der Waals surface area contributed by atoms with Gasteiger partial charge in [-0.05, 0) is 6.92 Å². The van der Waals surface area contributed by atoms with Crippen LogP contribution in [-0.2, 0) is 4.79 Å². The fraction of sp³-hybridized carbons (Fsp3) is 0.800. The molecule has 0 radical (unpaired) electrons. The molecule has 2 unspecified atom stereocenters. The predicted octanol–water partition coefficient (Wildman–Crippen LogP) is -1.81. The highest BCUT2D eigenvalue weighted by molar-refractivity contribution is 5.88. The van der Waals surface area contributed by atoms with E-state index in [1.54, 1.807) is 6.92 Å². The molecule has 9 heavy (non-hydrogen) atoms. The zero-order valence-electron chi connectivity index (χ0n) is 5.50. The topological polar surface area (TPSA) is 95.1 Å². The van der Waals surface area contributed by atoms with E-state index in [9.17, 15) is 4.79 Å². The molecular formula is C5H13N3O. The van der Waals surface area contributed by atoms with Gasteiger partial charge in [0.25, 0.3) is 0 Å². The largest absolute Gasteiger partial charge is 0.328 e. The molecule has 6 N–H and O–H groups in total.